The van der Waals surface area contributed by atoms with Crippen LogP contribution in [-0.2, 0) is 26.7 Å². The Bertz CT molecular complexity index is 1390. The van der Waals surface area contributed by atoms with Gasteiger partial charge in [0.05, 0.1) is 24.2 Å². The number of aliphatic hydroxyl groups is 1. The summed E-state index contributed by atoms with van der Waals surface area (Å²) in [5.74, 6) is 0.411. The van der Waals surface area contributed by atoms with Crippen LogP contribution in [0.3, 0.4) is 0 Å². The van der Waals surface area contributed by atoms with Crippen LogP contribution in [0.25, 0.3) is 0 Å². The minimum atomic E-state index is -3.92. The van der Waals surface area contributed by atoms with Gasteiger partial charge in [0.15, 0.2) is 0 Å². The Kier molecular flexibility index (Phi) is 11.3. The molecule has 0 radical (unpaired) electrons. The van der Waals surface area contributed by atoms with Crippen LogP contribution >= 0.6 is 0 Å². The van der Waals surface area contributed by atoms with Crippen LogP contribution in [0.2, 0.25) is 0 Å². The second-order valence-electron chi connectivity index (χ2n) is 12.1. The first-order chi connectivity index (χ1) is 20.6. The number of sulfonamides is 1. The minimum Gasteiger partial charge on any atom is -0.497 e. The predicted molar refractivity (Wildman–Crippen MR) is 168 cm³/mol. The number of methoxy groups -OCH3 is 1. The fourth-order valence-corrected chi connectivity index (χ4v) is 7.68. The van der Waals surface area contributed by atoms with Crippen molar-refractivity contribution in [3.63, 3.8) is 0 Å². The van der Waals surface area contributed by atoms with E-state index in [0.717, 1.165) is 43.4 Å². The number of amides is 1. The quantitative estimate of drug-likeness (QED) is 0.264. The van der Waals surface area contributed by atoms with Gasteiger partial charge in [-0.2, -0.15) is 4.31 Å². The summed E-state index contributed by atoms with van der Waals surface area (Å²) in [5, 5.41) is 14.7. The normalized spacial score (nSPS) is 16.5. The van der Waals surface area contributed by atoms with E-state index in [4.69, 9.17) is 4.74 Å². The molecule has 1 heterocycles. The van der Waals surface area contributed by atoms with E-state index in [2.05, 4.69) is 10.3 Å². The van der Waals surface area contributed by atoms with Gasteiger partial charge in [-0.15, -0.1) is 0 Å². The molecule has 1 aliphatic carbocycles. The zero-order chi connectivity index (χ0) is 30.9. The van der Waals surface area contributed by atoms with E-state index in [0.29, 0.717) is 12.2 Å². The number of aromatic nitrogens is 1. The van der Waals surface area contributed by atoms with Crippen molar-refractivity contribution >= 4 is 15.9 Å². The molecule has 2 N–H and O–H groups in total. The number of carbonyl (C=O) groups excluding carboxylic acids is 1. The molecule has 0 saturated heterocycles. The topological polar surface area (TPSA) is 109 Å². The van der Waals surface area contributed by atoms with Crippen LogP contribution in [0.1, 0.15) is 63.6 Å². The Morgan fingerprint density at radius 3 is 2.26 bits per heavy atom. The van der Waals surface area contributed by atoms with E-state index >= 15 is 0 Å². The highest BCUT2D eigenvalue weighted by atomic mass is 32.2. The predicted octanol–water partition coefficient (Wildman–Crippen LogP) is 5.12. The number of nitrogens with one attached hydrogen (secondary N) is 1. The Morgan fingerprint density at radius 1 is 0.977 bits per heavy atom. The van der Waals surface area contributed by atoms with Crippen LogP contribution < -0.4 is 10.1 Å². The highest BCUT2D eigenvalue weighted by molar-refractivity contribution is 7.89. The maximum Gasteiger partial charge on any atom is 0.243 e. The molecule has 2 atom stereocenters. The maximum atomic E-state index is 13.7. The first-order valence-electron chi connectivity index (χ1n) is 15.2. The van der Waals surface area contributed by atoms with Crippen LogP contribution in [0, 0.1) is 5.92 Å². The Morgan fingerprint density at radius 2 is 1.65 bits per heavy atom. The number of hydrogen-bond donors (Lipinski definition) is 2. The Balaban J connectivity index is 1.58. The summed E-state index contributed by atoms with van der Waals surface area (Å²) < 4.78 is 34.0. The zero-order valence-electron chi connectivity index (χ0n) is 25.5. The van der Waals surface area contributed by atoms with Gasteiger partial charge in [0.2, 0.25) is 15.9 Å². The molecule has 2 aromatic carbocycles. The van der Waals surface area contributed by atoms with E-state index in [1.807, 2.05) is 62.4 Å². The average Bonchev–Trinajstić information content (AvgIpc) is 3.01. The summed E-state index contributed by atoms with van der Waals surface area (Å²) in [5.41, 5.74) is 1.52. The molecule has 232 valence electrons. The van der Waals surface area contributed by atoms with Crippen molar-refractivity contribution in [3.05, 3.63) is 90.3 Å². The van der Waals surface area contributed by atoms with Gasteiger partial charge >= 0.3 is 0 Å². The Labute approximate surface area is 256 Å². The van der Waals surface area contributed by atoms with Crippen molar-refractivity contribution < 1.29 is 23.1 Å². The first-order valence-corrected chi connectivity index (χ1v) is 16.6. The summed E-state index contributed by atoms with van der Waals surface area (Å²) in [6.07, 6.45) is 6.23. The van der Waals surface area contributed by atoms with Crippen LogP contribution in [0.4, 0.5) is 0 Å². The molecule has 4 rings (SSSR count). The van der Waals surface area contributed by atoms with Crippen molar-refractivity contribution in [2.75, 3.05) is 20.2 Å². The highest BCUT2D eigenvalue weighted by Crippen LogP contribution is 2.41. The second kappa shape index (κ2) is 14.9. The van der Waals surface area contributed by atoms with Gasteiger partial charge in [0.25, 0.3) is 0 Å². The highest BCUT2D eigenvalue weighted by Gasteiger charge is 2.38. The molecule has 0 aliphatic heterocycles. The third-order valence-corrected chi connectivity index (χ3v) is 10.1. The fourth-order valence-electron chi connectivity index (χ4n) is 6.06. The van der Waals surface area contributed by atoms with E-state index in [1.54, 1.807) is 18.3 Å². The first kappa shape index (κ1) is 32.6. The van der Waals surface area contributed by atoms with Gasteiger partial charge in [-0.3, -0.25) is 9.78 Å². The number of pyridine rings is 1. The molecule has 8 nitrogen and oxygen atoms in total. The second-order valence-corrected chi connectivity index (χ2v) is 14.0. The van der Waals surface area contributed by atoms with Crippen LogP contribution in [0.15, 0.2) is 83.9 Å². The van der Waals surface area contributed by atoms with Gasteiger partial charge in [0, 0.05) is 36.8 Å². The van der Waals surface area contributed by atoms with Crippen molar-refractivity contribution in [1.82, 2.24) is 14.6 Å². The largest absolute Gasteiger partial charge is 0.497 e. The molecule has 1 aromatic heterocycles. The molecule has 3 aromatic rings. The summed E-state index contributed by atoms with van der Waals surface area (Å²) in [6, 6.07) is 21.0. The lowest BCUT2D eigenvalue weighted by Gasteiger charge is -2.37. The lowest BCUT2D eigenvalue weighted by atomic mass is 9.69. The van der Waals surface area contributed by atoms with Gasteiger partial charge in [-0.25, -0.2) is 8.42 Å². The molecular weight excluding hydrogens is 562 g/mol. The van der Waals surface area contributed by atoms with Gasteiger partial charge in [0.1, 0.15) is 5.75 Å². The molecule has 9 heteroatoms. The fraction of sp³-hybridized carbons (Fsp3) is 0.471. The molecular formula is C34H45N3O5S. The summed E-state index contributed by atoms with van der Waals surface area (Å²) in [6.45, 7) is 3.94. The maximum absolute atomic E-state index is 13.7. The van der Waals surface area contributed by atoms with Crippen LogP contribution in [0.5, 0.6) is 5.75 Å². The smallest absolute Gasteiger partial charge is 0.243 e. The van der Waals surface area contributed by atoms with Crippen molar-refractivity contribution in [2.45, 2.75) is 81.2 Å². The molecule has 43 heavy (non-hydrogen) atoms. The number of ether oxygens (including phenoxy) is 1. The average molecular weight is 608 g/mol. The number of aliphatic hydroxyl groups excluding tert-OH is 1. The zero-order valence-corrected chi connectivity index (χ0v) is 26.3. The lowest BCUT2D eigenvalue weighted by molar-refractivity contribution is -0.124. The molecule has 0 spiro atoms. The summed E-state index contributed by atoms with van der Waals surface area (Å²) >= 11 is 0. The monoisotopic (exact) mass is 607 g/mol. The lowest BCUT2D eigenvalue weighted by Crippen LogP contribution is -2.52. The number of nitrogens with zero attached hydrogens (tertiary/aromatic N) is 2. The Hall–Kier alpha value is -3.27. The van der Waals surface area contributed by atoms with Gasteiger partial charge in [-0.1, -0.05) is 69.5 Å². The molecule has 1 amide bonds. The third-order valence-electron chi connectivity index (χ3n) is 8.28. The van der Waals surface area contributed by atoms with E-state index in [1.165, 1.54) is 23.5 Å². The number of carbonyl (C=O) groups is 1. The van der Waals surface area contributed by atoms with Crippen molar-refractivity contribution in [1.29, 1.82) is 0 Å². The van der Waals surface area contributed by atoms with Crippen molar-refractivity contribution in [2.24, 2.45) is 5.92 Å². The number of hydrogen-bond acceptors (Lipinski definition) is 6. The summed E-state index contributed by atoms with van der Waals surface area (Å²) in [4.78, 5) is 18.5. The SMILES string of the molecule is COc1ccc(S(=O)(=O)N(CC(C)C)C[C@@H](O)[C@H](Cc2ccccc2)NC(=O)CC2(c3ccccn3)CCCCC2)cc1. The molecule has 0 unspecified atom stereocenters. The third kappa shape index (κ3) is 8.65. The molecule has 0 bridgehead atoms. The van der Waals surface area contributed by atoms with Crippen LogP contribution in [-0.4, -0.2) is 61.1 Å². The number of benzene rings is 2. The summed E-state index contributed by atoms with van der Waals surface area (Å²) in [7, 11) is -2.40. The molecule has 1 saturated carbocycles. The standard InChI is InChI=1S/C34H45N3O5S/c1-26(2)24-37(43(40,41)29-17-15-28(42-3)16-18-29)25-31(38)30(22-27-12-6-4-7-13-27)36-33(39)23-34(19-9-5-10-20-34)32-14-8-11-21-35-32/h4,6-8,11-18,21,26,30-31,38H,5,9-10,19-20,22-25H2,1-3H3,(H,36,39)/t30-,31+/m0/s1. The molecule has 1 fully saturated rings. The molecule has 1 aliphatic rings. The number of rotatable bonds is 14. The van der Waals surface area contributed by atoms with Gasteiger partial charge in [-0.05, 0) is 67.1 Å². The van der Waals surface area contributed by atoms with Gasteiger partial charge < -0.3 is 15.2 Å². The minimum absolute atomic E-state index is 0.0203. The van der Waals surface area contributed by atoms with E-state index < -0.39 is 22.2 Å². The van der Waals surface area contributed by atoms with E-state index in [-0.39, 0.29) is 41.6 Å². The van der Waals surface area contributed by atoms with E-state index in [9.17, 15) is 18.3 Å². The van der Waals surface area contributed by atoms with Crippen molar-refractivity contribution in [3.8, 4) is 5.75 Å².